The number of ether oxygens (including phenoxy) is 2. The Morgan fingerprint density at radius 1 is 0.938 bits per heavy atom. The molecule has 3 rings (SSSR count). The van der Waals surface area contributed by atoms with Gasteiger partial charge in [-0.2, -0.15) is 0 Å². The van der Waals surface area contributed by atoms with Crippen LogP contribution in [0.2, 0.25) is 0 Å². The van der Waals surface area contributed by atoms with Gasteiger partial charge in [-0.1, -0.05) is 58.0 Å². The number of hydrogen-bond donors (Lipinski definition) is 3. The zero-order valence-electron chi connectivity index (χ0n) is 28.6. The third-order valence-electron chi connectivity index (χ3n) is 7.18. The van der Waals surface area contributed by atoms with E-state index in [4.69, 9.17) is 9.47 Å². The van der Waals surface area contributed by atoms with Crippen molar-refractivity contribution in [2.75, 3.05) is 13.7 Å². The standard InChI is InChI=1S/C34H48N6O6S2/c1-22(2)18-45-30(41)15-29(39-33(43)40(6)17-27-20-47-32(37-27)23(3)4)31(42)36-24(5)12-13-26(14-25-10-8-7-9-11-25)38-34(44)46-19-28-16-35-21-48-28/h7-11,16,20-24,26,29H,12-15,17-19H2,1-6H3,(H,36,42)(H,38,44)(H,39,43)/t24-,26+,29-/m0/s1. The number of rotatable bonds is 18. The number of alkyl carbamates (subject to hydrolysis) is 1. The van der Waals surface area contributed by atoms with Crippen molar-refractivity contribution >= 4 is 46.7 Å². The van der Waals surface area contributed by atoms with E-state index in [1.807, 2.05) is 56.5 Å². The third-order valence-corrected chi connectivity index (χ3v) is 9.13. The second kappa shape index (κ2) is 19.7. The van der Waals surface area contributed by atoms with Gasteiger partial charge in [0, 0.05) is 36.6 Å². The number of esters is 1. The summed E-state index contributed by atoms with van der Waals surface area (Å²) in [5.41, 5.74) is 3.48. The molecule has 0 aliphatic rings. The first-order valence-corrected chi connectivity index (χ1v) is 17.9. The van der Waals surface area contributed by atoms with Gasteiger partial charge in [0.05, 0.1) is 40.7 Å². The highest BCUT2D eigenvalue weighted by molar-refractivity contribution is 7.09. The van der Waals surface area contributed by atoms with Crippen molar-refractivity contribution in [1.29, 1.82) is 0 Å². The number of benzene rings is 1. The number of thiazole rings is 2. The fourth-order valence-electron chi connectivity index (χ4n) is 4.58. The molecule has 3 N–H and O–H groups in total. The number of carbonyl (C=O) groups is 4. The molecule has 0 unspecified atom stereocenters. The van der Waals surface area contributed by atoms with E-state index in [9.17, 15) is 19.2 Å². The highest BCUT2D eigenvalue weighted by atomic mass is 32.1. The Hall–Kier alpha value is -4.04. The van der Waals surface area contributed by atoms with Crippen LogP contribution in [0, 0.1) is 5.92 Å². The first-order valence-electron chi connectivity index (χ1n) is 16.2. The van der Waals surface area contributed by atoms with Crippen LogP contribution in [0.4, 0.5) is 9.59 Å². The van der Waals surface area contributed by atoms with E-state index in [0.29, 0.717) is 19.3 Å². The van der Waals surface area contributed by atoms with Gasteiger partial charge in [0.25, 0.3) is 0 Å². The summed E-state index contributed by atoms with van der Waals surface area (Å²) in [6.07, 6.45) is 2.42. The first-order chi connectivity index (χ1) is 22.9. The average Bonchev–Trinajstić information content (AvgIpc) is 3.74. The minimum Gasteiger partial charge on any atom is -0.465 e. The van der Waals surface area contributed by atoms with Crippen LogP contribution in [0.3, 0.4) is 0 Å². The normalized spacial score (nSPS) is 13.0. The Morgan fingerprint density at radius 3 is 2.33 bits per heavy atom. The van der Waals surface area contributed by atoms with Crippen molar-refractivity contribution in [2.45, 2.75) is 97.5 Å². The van der Waals surface area contributed by atoms with Gasteiger partial charge in [0.2, 0.25) is 5.91 Å². The fourth-order valence-corrected chi connectivity index (χ4v) is 5.91. The van der Waals surface area contributed by atoms with Gasteiger partial charge in [0.1, 0.15) is 12.6 Å². The van der Waals surface area contributed by atoms with Gasteiger partial charge >= 0.3 is 18.1 Å². The highest BCUT2D eigenvalue weighted by Gasteiger charge is 2.28. The van der Waals surface area contributed by atoms with Crippen LogP contribution in [-0.4, -0.2) is 70.6 Å². The summed E-state index contributed by atoms with van der Waals surface area (Å²) in [5.74, 6) is -0.678. The van der Waals surface area contributed by atoms with Gasteiger partial charge in [-0.05, 0) is 37.7 Å². The average molecular weight is 701 g/mol. The largest absolute Gasteiger partial charge is 0.465 e. The maximum Gasteiger partial charge on any atom is 0.407 e. The summed E-state index contributed by atoms with van der Waals surface area (Å²) in [6, 6.07) is 7.53. The molecule has 0 saturated carbocycles. The van der Waals surface area contributed by atoms with Crippen molar-refractivity contribution in [3.63, 3.8) is 0 Å². The van der Waals surface area contributed by atoms with Crippen molar-refractivity contribution in [2.24, 2.45) is 5.92 Å². The van der Waals surface area contributed by atoms with E-state index in [2.05, 4.69) is 39.8 Å². The van der Waals surface area contributed by atoms with E-state index >= 15 is 0 Å². The van der Waals surface area contributed by atoms with Gasteiger partial charge < -0.3 is 30.3 Å². The van der Waals surface area contributed by atoms with Gasteiger partial charge in [-0.15, -0.1) is 22.7 Å². The van der Waals surface area contributed by atoms with Crippen LogP contribution in [0.1, 0.15) is 80.9 Å². The van der Waals surface area contributed by atoms with Gasteiger partial charge in [-0.25, -0.2) is 14.6 Å². The summed E-state index contributed by atoms with van der Waals surface area (Å²) in [4.78, 5) is 62.8. The number of nitrogens with zero attached hydrogens (tertiary/aromatic N) is 3. The van der Waals surface area contributed by atoms with Crippen LogP contribution >= 0.6 is 22.7 Å². The summed E-state index contributed by atoms with van der Waals surface area (Å²) in [6.45, 7) is 10.4. The number of urea groups is 1. The number of amides is 4. The van der Waals surface area contributed by atoms with Crippen LogP contribution in [0.25, 0.3) is 0 Å². The van der Waals surface area contributed by atoms with E-state index < -0.39 is 30.0 Å². The van der Waals surface area contributed by atoms with Crippen molar-refractivity contribution in [1.82, 2.24) is 30.8 Å². The lowest BCUT2D eigenvalue weighted by Crippen LogP contribution is -2.52. The fraction of sp³-hybridized carbons (Fsp3) is 0.529. The minimum atomic E-state index is -1.15. The predicted molar refractivity (Wildman–Crippen MR) is 187 cm³/mol. The molecule has 14 heteroatoms. The molecule has 1 aromatic carbocycles. The molecule has 0 aliphatic carbocycles. The molecule has 0 bridgehead atoms. The molecule has 3 atom stereocenters. The molecule has 3 aromatic rings. The van der Waals surface area contributed by atoms with E-state index in [0.717, 1.165) is 21.1 Å². The van der Waals surface area contributed by atoms with E-state index in [1.165, 1.54) is 27.6 Å². The smallest absolute Gasteiger partial charge is 0.407 e. The molecular formula is C34H48N6O6S2. The molecule has 0 aliphatic heterocycles. The maximum atomic E-state index is 13.5. The topological polar surface area (TPSA) is 152 Å². The second-order valence-corrected chi connectivity index (χ2v) is 14.4. The molecule has 0 spiro atoms. The molecule has 2 heterocycles. The Balaban J connectivity index is 1.61. The lowest BCUT2D eigenvalue weighted by molar-refractivity contribution is -0.146. The number of carbonyl (C=O) groups excluding carboxylic acids is 4. The molecule has 48 heavy (non-hydrogen) atoms. The molecule has 0 fully saturated rings. The van der Waals surface area contributed by atoms with Crippen molar-refractivity contribution in [3.8, 4) is 0 Å². The first kappa shape index (κ1) is 38.4. The van der Waals surface area contributed by atoms with E-state index in [-0.39, 0.29) is 50.1 Å². The summed E-state index contributed by atoms with van der Waals surface area (Å²) < 4.78 is 10.7. The van der Waals surface area contributed by atoms with E-state index in [1.54, 1.807) is 18.8 Å². The minimum absolute atomic E-state index is 0.123. The zero-order valence-corrected chi connectivity index (χ0v) is 30.2. The maximum absolute atomic E-state index is 13.5. The second-order valence-electron chi connectivity index (χ2n) is 12.5. The Labute approximate surface area is 291 Å². The predicted octanol–water partition coefficient (Wildman–Crippen LogP) is 5.64. The number of nitrogens with one attached hydrogen (secondary N) is 3. The van der Waals surface area contributed by atoms with Gasteiger partial charge in [-0.3, -0.25) is 14.6 Å². The zero-order chi connectivity index (χ0) is 35.1. The molecular weight excluding hydrogens is 653 g/mol. The van der Waals surface area contributed by atoms with Crippen LogP contribution in [0.5, 0.6) is 0 Å². The summed E-state index contributed by atoms with van der Waals surface area (Å²) >= 11 is 2.94. The Morgan fingerprint density at radius 2 is 1.69 bits per heavy atom. The number of aromatic nitrogens is 2. The van der Waals surface area contributed by atoms with Crippen LogP contribution < -0.4 is 16.0 Å². The van der Waals surface area contributed by atoms with Gasteiger partial charge in [0.15, 0.2) is 0 Å². The van der Waals surface area contributed by atoms with Crippen LogP contribution in [-0.2, 0) is 38.6 Å². The monoisotopic (exact) mass is 700 g/mol. The molecule has 262 valence electrons. The molecule has 2 aromatic heterocycles. The summed E-state index contributed by atoms with van der Waals surface area (Å²) in [5, 5.41) is 11.5. The summed E-state index contributed by atoms with van der Waals surface area (Å²) in [7, 11) is 1.61. The molecule has 0 radical (unpaired) electrons. The van der Waals surface area contributed by atoms with Crippen LogP contribution in [0.15, 0.2) is 47.4 Å². The molecule has 0 saturated heterocycles. The highest BCUT2D eigenvalue weighted by Crippen LogP contribution is 2.20. The quantitative estimate of drug-likeness (QED) is 0.144. The van der Waals surface area contributed by atoms with Crippen molar-refractivity contribution in [3.05, 3.63) is 68.6 Å². The Kier molecular flexibility index (Phi) is 15.8. The Bertz CT molecular complexity index is 1430. The molecule has 12 nitrogen and oxygen atoms in total. The van der Waals surface area contributed by atoms with Crippen molar-refractivity contribution < 1.29 is 28.7 Å². The SMILES string of the molecule is CC(C)COC(=O)C[C@H](NC(=O)N(C)Cc1csc(C(C)C)n1)C(=O)N[C@@H](C)CC[C@H](Cc1ccccc1)NC(=O)OCc1cncs1. The molecule has 4 amide bonds. The number of hydrogen-bond acceptors (Lipinski definition) is 10. The lowest BCUT2D eigenvalue weighted by Gasteiger charge is -2.25. The lowest BCUT2D eigenvalue weighted by atomic mass is 9.99. The third kappa shape index (κ3) is 14.0.